The van der Waals surface area contributed by atoms with Crippen LogP contribution in [-0.4, -0.2) is 55.9 Å². The summed E-state index contributed by atoms with van der Waals surface area (Å²) >= 11 is 0. The quantitative estimate of drug-likeness (QED) is 0.766. The third kappa shape index (κ3) is 4.56. The van der Waals surface area contributed by atoms with Crippen molar-refractivity contribution in [3.8, 4) is 0 Å². The summed E-state index contributed by atoms with van der Waals surface area (Å²) < 4.78 is 0. The first kappa shape index (κ1) is 15.4. The lowest BCUT2D eigenvalue weighted by Gasteiger charge is -2.28. The minimum atomic E-state index is 0.119. The van der Waals surface area contributed by atoms with Crippen molar-refractivity contribution in [2.45, 2.75) is 32.6 Å². The first-order valence-electron chi connectivity index (χ1n) is 7.88. The fourth-order valence-corrected chi connectivity index (χ4v) is 3.18. The maximum atomic E-state index is 12.1. The van der Waals surface area contributed by atoms with E-state index in [0.717, 1.165) is 65.0 Å². The molecule has 1 saturated carbocycles. The second-order valence-corrected chi connectivity index (χ2v) is 6.04. The van der Waals surface area contributed by atoms with Crippen LogP contribution in [0.4, 0.5) is 0 Å². The van der Waals surface area contributed by atoms with Crippen LogP contribution in [0.15, 0.2) is 0 Å². The molecular formula is C15H27N3O2. The number of nitrogens with one attached hydrogen (secondary N) is 2. The zero-order valence-corrected chi connectivity index (χ0v) is 12.5. The van der Waals surface area contributed by atoms with E-state index >= 15 is 0 Å². The molecule has 0 aromatic carbocycles. The molecule has 114 valence electrons. The lowest BCUT2D eigenvalue weighted by Crippen LogP contribution is -2.46. The zero-order chi connectivity index (χ0) is 14.4. The molecule has 2 rings (SSSR count). The highest BCUT2D eigenvalue weighted by molar-refractivity contribution is 5.80. The number of ketones is 1. The van der Waals surface area contributed by atoms with Gasteiger partial charge < -0.3 is 10.6 Å². The van der Waals surface area contributed by atoms with E-state index in [1.807, 2.05) is 0 Å². The summed E-state index contributed by atoms with van der Waals surface area (Å²) in [4.78, 5) is 25.8. The summed E-state index contributed by atoms with van der Waals surface area (Å²) in [6, 6.07) is 0. The van der Waals surface area contributed by atoms with Gasteiger partial charge in [0.05, 0.1) is 0 Å². The second kappa shape index (κ2) is 7.74. The standard InChI is InChI=1S/C15H27N3O2/c1-12(19)13-2-4-14(5-3-13)15(20)17-8-11-18-9-6-16-7-10-18/h13-14,16H,2-11H2,1H3,(H,17,20)/t13-,14-. The summed E-state index contributed by atoms with van der Waals surface area (Å²) in [6.07, 6.45) is 3.49. The van der Waals surface area contributed by atoms with Gasteiger partial charge in [-0.25, -0.2) is 0 Å². The van der Waals surface area contributed by atoms with E-state index in [2.05, 4.69) is 15.5 Å². The summed E-state index contributed by atoms with van der Waals surface area (Å²) in [6.45, 7) is 7.57. The molecule has 0 spiro atoms. The van der Waals surface area contributed by atoms with Gasteiger partial charge in [-0.3, -0.25) is 14.5 Å². The van der Waals surface area contributed by atoms with Gasteiger partial charge in [-0.15, -0.1) is 0 Å². The Morgan fingerprint density at radius 2 is 1.70 bits per heavy atom. The highest BCUT2D eigenvalue weighted by Gasteiger charge is 2.28. The molecule has 0 unspecified atom stereocenters. The summed E-state index contributed by atoms with van der Waals surface area (Å²) in [5, 5.41) is 6.38. The maximum Gasteiger partial charge on any atom is 0.223 e. The van der Waals surface area contributed by atoms with Gasteiger partial charge >= 0.3 is 0 Å². The Labute approximate surface area is 121 Å². The fraction of sp³-hybridized carbons (Fsp3) is 0.867. The van der Waals surface area contributed by atoms with E-state index in [9.17, 15) is 9.59 Å². The molecule has 1 aliphatic carbocycles. The Morgan fingerprint density at radius 1 is 1.10 bits per heavy atom. The van der Waals surface area contributed by atoms with E-state index < -0.39 is 0 Å². The van der Waals surface area contributed by atoms with Crippen molar-refractivity contribution < 1.29 is 9.59 Å². The van der Waals surface area contributed by atoms with Gasteiger partial charge in [0.2, 0.25) is 5.91 Å². The third-order valence-electron chi connectivity index (χ3n) is 4.61. The van der Waals surface area contributed by atoms with E-state index in [-0.39, 0.29) is 23.5 Å². The van der Waals surface area contributed by atoms with Gasteiger partial charge in [0, 0.05) is 51.1 Å². The summed E-state index contributed by atoms with van der Waals surface area (Å²) in [5.41, 5.74) is 0. The number of amides is 1. The van der Waals surface area contributed by atoms with Crippen LogP contribution in [0.2, 0.25) is 0 Å². The number of hydrogen-bond acceptors (Lipinski definition) is 4. The van der Waals surface area contributed by atoms with Gasteiger partial charge in [-0.05, 0) is 32.6 Å². The van der Waals surface area contributed by atoms with Gasteiger partial charge in [-0.2, -0.15) is 0 Å². The molecule has 5 heteroatoms. The monoisotopic (exact) mass is 281 g/mol. The van der Waals surface area contributed by atoms with Crippen LogP contribution in [0.3, 0.4) is 0 Å². The Balaban J connectivity index is 1.61. The molecule has 0 aromatic rings. The van der Waals surface area contributed by atoms with E-state index in [0.29, 0.717) is 0 Å². The Kier molecular flexibility index (Phi) is 5.98. The minimum absolute atomic E-state index is 0.119. The van der Waals surface area contributed by atoms with Crippen molar-refractivity contribution in [2.75, 3.05) is 39.3 Å². The molecule has 1 heterocycles. The number of Topliss-reactive ketones (excluding diaryl/α,β-unsaturated/α-hetero) is 1. The normalized spacial score (nSPS) is 28.1. The predicted octanol–water partition coefficient (Wildman–Crippen LogP) is 0.403. The van der Waals surface area contributed by atoms with E-state index in [4.69, 9.17) is 0 Å². The Bertz CT molecular complexity index is 332. The first-order chi connectivity index (χ1) is 9.66. The molecule has 1 aliphatic heterocycles. The van der Waals surface area contributed by atoms with Gasteiger partial charge in [0.1, 0.15) is 5.78 Å². The van der Waals surface area contributed by atoms with Crippen molar-refractivity contribution >= 4 is 11.7 Å². The maximum absolute atomic E-state index is 12.1. The van der Waals surface area contributed by atoms with Crippen molar-refractivity contribution in [3.05, 3.63) is 0 Å². The lowest BCUT2D eigenvalue weighted by atomic mass is 9.80. The highest BCUT2D eigenvalue weighted by Crippen LogP contribution is 2.29. The molecule has 0 bridgehead atoms. The average molecular weight is 281 g/mol. The second-order valence-electron chi connectivity index (χ2n) is 6.04. The molecule has 1 saturated heterocycles. The average Bonchev–Trinajstić information content (AvgIpc) is 2.48. The molecular weight excluding hydrogens is 254 g/mol. The Hall–Kier alpha value is -0.940. The molecule has 0 radical (unpaired) electrons. The molecule has 20 heavy (non-hydrogen) atoms. The molecule has 2 N–H and O–H groups in total. The fourth-order valence-electron chi connectivity index (χ4n) is 3.18. The number of carbonyl (C=O) groups excluding carboxylic acids is 2. The van der Waals surface area contributed by atoms with Gasteiger partial charge in [-0.1, -0.05) is 0 Å². The molecule has 0 aromatic heterocycles. The number of carbonyl (C=O) groups is 2. The van der Waals surface area contributed by atoms with Crippen LogP contribution >= 0.6 is 0 Å². The molecule has 1 amide bonds. The highest BCUT2D eigenvalue weighted by atomic mass is 16.2. The number of piperazine rings is 1. The van der Waals surface area contributed by atoms with Gasteiger partial charge in [0.15, 0.2) is 0 Å². The number of nitrogens with zero attached hydrogens (tertiary/aromatic N) is 1. The van der Waals surface area contributed by atoms with Gasteiger partial charge in [0.25, 0.3) is 0 Å². The van der Waals surface area contributed by atoms with Crippen LogP contribution in [0.25, 0.3) is 0 Å². The molecule has 2 aliphatic rings. The predicted molar refractivity (Wildman–Crippen MR) is 78.4 cm³/mol. The minimum Gasteiger partial charge on any atom is -0.355 e. The Morgan fingerprint density at radius 3 is 2.30 bits per heavy atom. The largest absolute Gasteiger partial charge is 0.355 e. The smallest absolute Gasteiger partial charge is 0.223 e. The summed E-state index contributed by atoms with van der Waals surface area (Å²) in [7, 11) is 0. The number of hydrogen-bond donors (Lipinski definition) is 2. The topological polar surface area (TPSA) is 61.4 Å². The van der Waals surface area contributed by atoms with Crippen LogP contribution in [-0.2, 0) is 9.59 Å². The zero-order valence-electron chi connectivity index (χ0n) is 12.5. The lowest BCUT2D eigenvalue weighted by molar-refractivity contribution is -0.128. The van der Waals surface area contributed by atoms with E-state index in [1.165, 1.54) is 0 Å². The van der Waals surface area contributed by atoms with Crippen molar-refractivity contribution in [1.82, 2.24) is 15.5 Å². The van der Waals surface area contributed by atoms with Crippen LogP contribution in [0, 0.1) is 11.8 Å². The number of rotatable bonds is 5. The third-order valence-corrected chi connectivity index (χ3v) is 4.61. The van der Waals surface area contributed by atoms with Crippen molar-refractivity contribution in [3.63, 3.8) is 0 Å². The van der Waals surface area contributed by atoms with Crippen LogP contribution in [0.5, 0.6) is 0 Å². The van der Waals surface area contributed by atoms with E-state index in [1.54, 1.807) is 6.92 Å². The molecule has 2 fully saturated rings. The van der Waals surface area contributed by atoms with Crippen LogP contribution in [0.1, 0.15) is 32.6 Å². The van der Waals surface area contributed by atoms with Crippen molar-refractivity contribution in [1.29, 1.82) is 0 Å². The molecule has 5 nitrogen and oxygen atoms in total. The first-order valence-corrected chi connectivity index (χ1v) is 7.88. The molecule has 0 atom stereocenters. The van der Waals surface area contributed by atoms with Crippen LogP contribution < -0.4 is 10.6 Å². The summed E-state index contributed by atoms with van der Waals surface area (Å²) in [5.74, 6) is 0.776. The van der Waals surface area contributed by atoms with Crippen molar-refractivity contribution in [2.24, 2.45) is 11.8 Å². The SMILES string of the molecule is CC(=O)[C@H]1CC[C@H](C(=O)NCCN2CCNCC2)CC1.